The van der Waals surface area contributed by atoms with Crippen LogP contribution in [0.1, 0.15) is 5.56 Å². The molecule has 0 aliphatic heterocycles. The van der Waals surface area contributed by atoms with E-state index in [9.17, 15) is 0 Å². The third-order valence-electron chi connectivity index (χ3n) is 0.951. The van der Waals surface area contributed by atoms with Crippen molar-refractivity contribution in [2.75, 3.05) is 0 Å². The van der Waals surface area contributed by atoms with Crippen LogP contribution in [-0.2, 0) is 0 Å². The van der Waals surface area contributed by atoms with Gasteiger partial charge >= 0.3 is 0 Å². The third-order valence-corrected chi connectivity index (χ3v) is 1.44. The maximum Gasteiger partial charge on any atom is 0.0390 e. The lowest BCUT2D eigenvalue weighted by Gasteiger charge is -1.94. The summed E-state index contributed by atoms with van der Waals surface area (Å²) in [6.07, 6.45) is 0. The molecule has 0 saturated carbocycles. The number of benzene rings is 1. The molecule has 2 heteroatoms. The zero-order valence-corrected chi connectivity index (χ0v) is 6.51. The summed E-state index contributed by atoms with van der Waals surface area (Å²) >= 11 is 9.02. The van der Waals surface area contributed by atoms with Crippen molar-refractivity contribution in [3.05, 3.63) is 30.7 Å². The Morgan fingerprint density at radius 2 is 2.00 bits per heavy atom. The first-order valence-electron chi connectivity index (χ1n) is 2.51. The Hall–Kier alpha value is -0.210. The standard InChI is InChI=1S/C7H6S2/c1-5-2-6(8)4-7(9)3-5/h2-4,8H,1H2. The maximum atomic E-state index is 4.90. The number of hydrogen-bond donors (Lipinski definition) is 1. The maximum absolute atomic E-state index is 4.90. The molecular weight excluding hydrogens is 148 g/mol. The van der Waals surface area contributed by atoms with Gasteiger partial charge in [0.05, 0.1) is 0 Å². The second-order valence-electron chi connectivity index (χ2n) is 1.84. The van der Waals surface area contributed by atoms with Gasteiger partial charge in [0.1, 0.15) is 0 Å². The lowest BCUT2D eigenvalue weighted by molar-refractivity contribution is 1.32. The molecule has 0 aromatic heterocycles. The molecule has 0 unspecified atom stereocenters. The Kier molecular flexibility index (Phi) is 1.98. The fourth-order valence-electron chi connectivity index (χ4n) is 0.643. The molecule has 1 aromatic rings. The van der Waals surface area contributed by atoms with Crippen LogP contribution in [-0.4, -0.2) is 0 Å². The highest BCUT2D eigenvalue weighted by molar-refractivity contribution is 7.81. The van der Waals surface area contributed by atoms with Gasteiger partial charge < -0.3 is 0 Å². The summed E-state index contributed by atoms with van der Waals surface area (Å²) < 4.78 is 0. The van der Waals surface area contributed by atoms with Crippen LogP contribution in [0.15, 0.2) is 28.0 Å². The second kappa shape index (κ2) is 2.58. The van der Waals surface area contributed by atoms with E-state index in [4.69, 9.17) is 12.6 Å². The van der Waals surface area contributed by atoms with Crippen LogP contribution in [0.25, 0.3) is 0 Å². The Labute approximate surface area is 66.1 Å². The van der Waals surface area contributed by atoms with Crippen molar-refractivity contribution in [2.24, 2.45) is 0 Å². The number of hydrogen-bond acceptors (Lipinski definition) is 1. The molecule has 46 valence electrons. The summed E-state index contributed by atoms with van der Waals surface area (Å²) in [7, 11) is 0. The van der Waals surface area contributed by atoms with Crippen molar-refractivity contribution in [2.45, 2.75) is 9.79 Å². The van der Waals surface area contributed by atoms with E-state index in [-0.39, 0.29) is 0 Å². The van der Waals surface area contributed by atoms with Crippen molar-refractivity contribution in [3.63, 3.8) is 0 Å². The average molecular weight is 154 g/mol. The Morgan fingerprint density at radius 1 is 1.33 bits per heavy atom. The molecule has 1 aromatic carbocycles. The highest BCUT2D eigenvalue weighted by Gasteiger charge is 1.90. The highest BCUT2D eigenvalue weighted by Crippen LogP contribution is 2.14. The lowest BCUT2D eigenvalue weighted by Crippen LogP contribution is -1.72. The fraction of sp³-hybridized carbons (Fsp3) is 0. The third kappa shape index (κ3) is 1.88. The van der Waals surface area contributed by atoms with Crippen molar-refractivity contribution >= 4 is 25.3 Å². The van der Waals surface area contributed by atoms with E-state index in [1.807, 2.05) is 18.2 Å². The van der Waals surface area contributed by atoms with Gasteiger partial charge in [0, 0.05) is 9.79 Å². The molecule has 0 aliphatic rings. The molecular formula is C7H6S2. The summed E-state index contributed by atoms with van der Waals surface area (Å²) in [5.74, 6) is 0. The molecule has 0 N–H and O–H groups in total. The van der Waals surface area contributed by atoms with E-state index in [1.165, 1.54) is 0 Å². The summed E-state index contributed by atoms with van der Waals surface area (Å²) in [6, 6.07) is 5.54. The number of rotatable bonds is 0. The summed E-state index contributed by atoms with van der Waals surface area (Å²) in [6.45, 7) is 3.73. The Balaban J connectivity index is 3.17. The van der Waals surface area contributed by atoms with Gasteiger partial charge in [-0.05, 0) is 30.7 Å². The van der Waals surface area contributed by atoms with E-state index >= 15 is 0 Å². The van der Waals surface area contributed by atoms with E-state index < -0.39 is 0 Å². The molecule has 1 rings (SSSR count). The zero-order chi connectivity index (χ0) is 6.85. The molecule has 0 amide bonds. The minimum absolute atomic E-state index is 0.799. The Morgan fingerprint density at radius 3 is 2.44 bits per heavy atom. The molecule has 9 heavy (non-hydrogen) atoms. The molecule has 0 bridgehead atoms. The van der Waals surface area contributed by atoms with Crippen molar-refractivity contribution in [1.29, 1.82) is 0 Å². The van der Waals surface area contributed by atoms with Crippen LogP contribution >= 0.6 is 25.3 Å². The minimum Gasteiger partial charge on any atom is -0.143 e. The fourth-order valence-corrected chi connectivity index (χ4v) is 1.31. The van der Waals surface area contributed by atoms with Crippen LogP contribution in [0.3, 0.4) is 0 Å². The van der Waals surface area contributed by atoms with Crippen molar-refractivity contribution in [1.82, 2.24) is 0 Å². The van der Waals surface area contributed by atoms with Crippen LogP contribution in [0.5, 0.6) is 0 Å². The van der Waals surface area contributed by atoms with Crippen molar-refractivity contribution < 1.29 is 0 Å². The SMILES string of the molecule is [CH2]c1cc([S])cc(S)c1. The molecule has 0 spiro atoms. The van der Waals surface area contributed by atoms with Gasteiger partial charge in [0.25, 0.3) is 0 Å². The molecule has 0 nitrogen and oxygen atoms in total. The topological polar surface area (TPSA) is 0 Å². The van der Waals surface area contributed by atoms with Crippen molar-refractivity contribution in [3.8, 4) is 0 Å². The second-order valence-corrected chi connectivity index (χ2v) is 2.82. The molecule has 0 aliphatic carbocycles. The van der Waals surface area contributed by atoms with Crippen LogP contribution < -0.4 is 0 Å². The molecule has 0 saturated heterocycles. The van der Waals surface area contributed by atoms with Gasteiger partial charge in [-0.15, -0.1) is 12.6 Å². The largest absolute Gasteiger partial charge is 0.143 e. The minimum atomic E-state index is 0.799. The van der Waals surface area contributed by atoms with Crippen LogP contribution in [0.4, 0.5) is 0 Å². The predicted molar refractivity (Wildman–Crippen MR) is 44.0 cm³/mol. The van der Waals surface area contributed by atoms with Gasteiger partial charge in [-0.2, -0.15) is 0 Å². The smallest absolute Gasteiger partial charge is 0.0390 e. The van der Waals surface area contributed by atoms with Gasteiger partial charge in [0.15, 0.2) is 0 Å². The van der Waals surface area contributed by atoms with E-state index in [2.05, 4.69) is 19.6 Å². The first kappa shape index (κ1) is 6.90. The van der Waals surface area contributed by atoms with Gasteiger partial charge in [-0.1, -0.05) is 12.6 Å². The van der Waals surface area contributed by atoms with E-state index in [1.54, 1.807) is 0 Å². The quantitative estimate of drug-likeness (QED) is 0.546. The van der Waals surface area contributed by atoms with E-state index in [0.717, 1.165) is 15.4 Å². The first-order chi connectivity index (χ1) is 4.18. The zero-order valence-electron chi connectivity index (χ0n) is 4.79. The van der Waals surface area contributed by atoms with Crippen LogP contribution in [0, 0.1) is 6.92 Å². The lowest BCUT2D eigenvalue weighted by atomic mass is 10.2. The highest BCUT2D eigenvalue weighted by atomic mass is 32.1. The molecule has 0 heterocycles. The average Bonchev–Trinajstić information content (AvgIpc) is 1.59. The monoisotopic (exact) mass is 154 g/mol. The van der Waals surface area contributed by atoms with Gasteiger partial charge in [0.2, 0.25) is 0 Å². The summed E-state index contributed by atoms with van der Waals surface area (Å²) in [4.78, 5) is 1.68. The molecule has 0 atom stereocenters. The number of thiol groups is 1. The van der Waals surface area contributed by atoms with Gasteiger partial charge in [-0.25, -0.2) is 0 Å². The molecule has 0 fully saturated rings. The summed E-state index contributed by atoms with van der Waals surface area (Å²) in [5, 5.41) is 0. The van der Waals surface area contributed by atoms with Crippen LogP contribution in [0.2, 0.25) is 0 Å². The predicted octanol–water partition coefficient (Wildman–Crippen LogP) is 2.71. The van der Waals surface area contributed by atoms with Gasteiger partial charge in [-0.3, -0.25) is 0 Å². The molecule has 2 radical (unpaired) electrons. The van der Waals surface area contributed by atoms with E-state index in [0.29, 0.717) is 0 Å². The summed E-state index contributed by atoms with van der Waals surface area (Å²) in [5.41, 5.74) is 0.924. The normalized spacial score (nSPS) is 9.56. The Bertz CT molecular complexity index is 168. The first-order valence-corrected chi connectivity index (χ1v) is 3.37.